The lowest BCUT2D eigenvalue weighted by Crippen LogP contribution is -2.48. The van der Waals surface area contributed by atoms with Gasteiger partial charge in [0.2, 0.25) is 5.91 Å². The van der Waals surface area contributed by atoms with Gasteiger partial charge < -0.3 is 10.4 Å². The molecule has 2 aromatic rings. The Kier molecular flexibility index (Phi) is 7.81. The lowest BCUT2D eigenvalue weighted by atomic mass is 9.84. The van der Waals surface area contributed by atoms with Crippen LogP contribution in [0.4, 0.5) is 4.39 Å². The Morgan fingerprint density at radius 3 is 2.36 bits per heavy atom. The normalized spacial score (nSPS) is 25.1. The molecule has 0 unspecified atom stereocenters. The number of aliphatic hydroxyl groups is 1. The molecule has 2 aliphatic carbocycles. The first kappa shape index (κ1) is 25.4. The summed E-state index contributed by atoms with van der Waals surface area (Å²) in [5.41, 5.74) is -0.607. The molecular formula is C26H35FN4O4S. The number of aromatic nitrogens is 3. The van der Waals surface area contributed by atoms with Crippen molar-refractivity contribution in [1.29, 1.82) is 0 Å². The fraction of sp³-hybridized carbons (Fsp3) is 0.692. The van der Waals surface area contributed by atoms with Crippen molar-refractivity contribution < 1.29 is 14.3 Å². The zero-order valence-electron chi connectivity index (χ0n) is 20.5. The molecule has 3 heterocycles. The highest BCUT2D eigenvalue weighted by Gasteiger charge is 2.32. The number of thioether (sulfide) groups is 1. The van der Waals surface area contributed by atoms with E-state index in [0.717, 1.165) is 62.6 Å². The maximum atomic E-state index is 14.1. The Morgan fingerprint density at radius 1 is 1.00 bits per heavy atom. The van der Waals surface area contributed by atoms with Crippen molar-refractivity contribution in [2.75, 3.05) is 11.5 Å². The molecule has 36 heavy (non-hydrogen) atoms. The standard InChI is InChI=1S/C26H35FN4O4S/c27-17-14-21-23(28-15-17)30(20-10-12-36-13-11-20)26(35)31(25(21)34)19-8-6-18(7-9-19)29-24(33)22(32)16-4-2-1-3-5-16/h14-16,18-20,22,32H,1-13H2,(H,29,33)/t18?,19?,22-/m1/s1. The monoisotopic (exact) mass is 518 g/mol. The SMILES string of the molecule is O=C(NC1CCC(n2c(=O)c3cc(F)cnc3n(C3CCSCC3)c2=O)CC1)[C@H](O)C1CCCCC1. The van der Waals surface area contributed by atoms with Crippen LogP contribution in [0.25, 0.3) is 11.0 Å². The summed E-state index contributed by atoms with van der Waals surface area (Å²) in [6, 6.07) is 0.703. The number of nitrogens with zero attached hydrogens (tertiary/aromatic N) is 3. The zero-order valence-corrected chi connectivity index (χ0v) is 21.4. The summed E-state index contributed by atoms with van der Waals surface area (Å²) < 4.78 is 17.0. The number of amides is 1. The number of hydrogen-bond donors (Lipinski definition) is 2. The molecular weight excluding hydrogens is 483 g/mol. The van der Waals surface area contributed by atoms with Crippen molar-refractivity contribution in [3.8, 4) is 0 Å². The van der Waals surface area contributed by atoms with Crippen molar-refractivity contribution >= 4 is 28.7 Å². The predicted octanol–water partition coefficient (Wildman–Crippen LogP) is 3.31. The van der Waals surface area contributed by atoms with Gasteiger partial charge in [0, 0.05) is 18.1 Å². The van der Waals surface area contributed by atoms with Gasteiger partial charge in [0.25, 0.3) is 5.56 Å². The van der Waals surface area contributed by atoms with Gasteiger partial charge in [-0.05, 0) is 74.9 Å². The number of aliphatic hydroxyl groups excluding tert-OH is 1. The number of rotatable bonds is 5. The fourth-order valence-electron chi connectivity index (χ4n) is 6.23. The van der Waals surface area contributed by atoms with E-state index in [2.05, 4.69) is 10.3 Å². The molecule has 10 heteroatoms. The number of carbonyl (C=O) groups excluding carboxylic acids is 1. The van der Waals surface area contributed by atoms with Crippen LogP contribution in [0.2, 0.25) is 0 Å². The van der Waals surface area contributed by atoms with Crippen LogP contribution in [0.15, 0.2) is 21.9 Å². The van der Waals surface area contributed by atoms with Crippen LogP contribution in [-0.2, 0) is 4.79 Å². The van der Waals surface area contributed by atoms with Crippen LogP contribution in [-0.4, -0.2) is 48.8 Å². The summed E-state index contributed by atoms with van der Waals surface area (Å²) in [6.45, 7) is 0. The molecule has 8 nitrogen and oxygen atoms in total. The van der Waals surface area contributed by atoms with Crippen molar-refractivity contribution in [2.24, 2.45) is 5.92 Å². The second kappa shape index (κ2) is 11.0. The van der Waals surface area contributed by atoms with Crippen molar-refractivity contribution in [3.63, 3.8) is 0 Å². The minimum Gasteiger partial charge on any atom is -0.383 e. The highest BCUT2D eigenvalue weighted by atomic mass is 32.2. The molecule has 1 aliphatic heterocycles. The number of nitrogens with one attached hydrogen (secondary N) is 1. The predicted molar refractivity (Wildman–Crippen MR) is 138 cm³/mol. The molecule has 1 amide bonds. The molecule has 3 aliphatic rings. The first-order valence-electron chi connectivity index (χ1n) is 13.3. The number of halogens is 1. The van der Waals surface area contributed by atoms with Gasteiger partial charge in [0.1, 0.15) is 17.6 Å². The maximum absolute atomic E-state index is 14.1. The molecule has 196 valence electrons. The maximum Gasteiger partial charge on any atom is 0.333 e. The van der Waals surface area contributed by atoms with E-state index in [1.807, 2.05) is 11.8 Å². The van der Waals surface area contributed by atoms with E-state index in [0.29, 0.717) is 25.7 Å². The third kappa shape index (κ3) is 5.11. The molecule has 2 saturated carbocycles. The van der Waals surface area contributed by atoms with Crippen molar-refractivity contribution in [3.05, 3.63) is 38.9 Å². The minimum atomic E-state index is -0.977. The van der Waals surface area contributed by atoms with Crippen LogP contribution < -0.4 is 16.6 Å². The Labute approximate surface area is 213 Å². The molecule has 3 fully saturated rings. The average Bonchev–Trinajstić information content (AvgIpc) is 2.91. The van der Waals surface area contributed by atoms with Gasteiger partial charge in [-0.2, -0.15) is 11.8 Å². The van der Waals surface area contributed by atoms with Crippen molar-refractivity contribution in [2.45, 2.75) is 94.9 Å². The average molecular weight is 519 g/mol. The lowest BCUT2D eigenvalue weighted by Gasteiger charge is -2.33. The zero-order chi connectivity index (χ0) is 25.2. The summed E-state index contributed by atoms with van der Waals surface area (Å²) in [5.74, 6) is 0.968. The smallest absolute Gasteiger partial charge is 0.333 e. The molecule has 2 aromatic heterocycles. The second-order valence-electron chi connectivity index (χ2n) is 10.6. The van der Waals surface area contributed by atoms with E-state index in [-0.39, 0.29) is 46.7 Å². The van der Waals surface area contributed by atoms with E-state index in [4.69, 9.17) is 0 Å². The highest BCUT2D eigenvalue weighted by Crippen LogP contribution is 2.31. The summed E-state index contributed by atoms with van der Waals surface area (Å²) in [5, 5.41) is 13.6. The first-order valence-corrected chi connectivity index (χ1v) is 14.5. The van der Waals surface area contributed by atoms with Crippen LogP contribution in [0, 0.1) is 11.7 Å². The third-order valence-corrected chi connectivity index (χ3v) is 9.30. The van der Waals surface area contributed by atoms with Gasteiger partial charge in [-0.15, -0.1) is 0 Å². The molecule has 1 saturated heterocycles. The number of fused-ring (bicyclic) bond motifs is 1. The van der Waals surface area contributed by atoms with Gasteiger partial charge in [-0.25, -0.2) is 14.2 Å². The van der Waals surface area contributed by atoms with E-state index >= 15 is 0 Å². The molecule has 2 N–H and O–H groups in total. The summed E-state index contributed by atoms with van der Waals surface area (Å²) >= 11 is 1.84. The number of hydrogen-bond acceptors (Lipinski definition) is 6. The number of pyridine rings is 1. The Hall–Kier alpha value is -2.20. The van der Waals surface area contributed by atoms with Crippen LogP contribution >= 0.6 is 11.8 Å². The van der Waals surface area contributed by atoms with Gasteiger partial charge in [-0.3, -0.25) is 18.7 Å². The van der Waals surface area contributed by atoms with E-state index < -0.39 is 17.5 Å². The first-order chi connectivity index (χ1) is 17.4. The van der Waals surface area contributed by atoms with Crippen LogP contribution in [0.5, 0.6) is 0 Å². The van der Waals surface area contributed by atoms with Crippen LogP contribution in [0.3, 0.4) is 0 Å². The Morgan fingerprint density at radius 2 is 1.67 bits per heavy atom. The molecule has 1 atom stereocenters. The highest BCUT2D eigenvalue weighted by molar-refractivity contribution is 7.99. The number of carbonyl (C=O) groups is 1. The van der Waals surface area contributed by atoms with Crippen molar-refractivity contribution in [1.82, 2.24) is 19.4 Å². The van der Waals surface area contributed by atoms with Crippen LogP contribution in [0.1, 0.15) is 82.7 Å². The quantitative estimate of drug-likeness (QED) is 0.629. The Balaban J connectivity index is 1.35. The second-order valence-corrected chi connectivity index (χ2v) is 11.8. The van der Waals surface area contributed by atoms with Gasteiger partial charge >= 0.3 is 5.69 Å². The summed E-state index contributed by atoms with van der Waals surface area (Å²) in [6.07, 6.45) is 9.05. The molecule has 0 spiro atoms. The van der Waals surface area contributed by atoms with E-state index in [9.17, 15) is 23.9 Å². The Bertz CT molecular complexity index is 1210. The molecule has 0 bridgehead atoms. The lowest BCUT2D eigenvalue weighted by molar-refractivity contribution is -0.133. The molecule has 0 radical (unpaired) electrons. The van der Waals surface area contributed by atoms with Gasteiger partial charge in [0.05, 0.1) is 11.6 Å². The topological polar surface area (TPSA) is 106 Å². The van der Waals surface area contributed by atoms with E-state index in [1.54, 1.807) is 4.57 Å². The molecule has 0 aromatic carbocycles. The fourth-order valence-corrected chi connectivity index (χ4v) is 7.31. The van der Waals surface area contributed by atoms with Gasteiger partial charge in [-0.1, -0.05) is 19.3 Å². The summed E-state index contributed by atoms with van der Waals surface area (Å²) in [7, 11) is 0. The summed E-state index contributed by atoms with van der Waals surface area (Å²) in [4.78, 5) is 43.9. The largest absolute Gasteiger partial charge is 0.383 e. The minimum absolute atomic E-state index is 0.0249. The van der Waals surface area contributed by atoms with E-state index in [1.165, 1.54) is 10.6 Å². The van der Waals surface area contributed by atoms with Gasteiger partial charge in [0.15, 0.2) is 0 Å². The molecule has 5 rings (SSSR count). The third-order valence-electron chi connectivity index (χ3n) is 8.25.